The topological polar surface area (TPSA) is 21.3 Å². The Kier molecular flexibility index (Phi) is 4.56. The van der Waals surface area contributed by atoms with Crippen LogP contribution >= 0.6 is 0 Å². The lowest BCUT2D eigenvalue weighted by Gasteiger charge is -2.20. The van der Waals surface area contributed by atoms with Gasteiger partial charge in [-0.2, -0.15) is 0 Å². The molecule has 0 saturated heterocycles. The van der Waals surface area contributed by atoms with Crippen molar-refractivity contribution < 1.29 is 4.43 Å². The van der Waals surface area contributed by atoms with Gasteiger partial charge in [0.1, 0.15) is 6.73 Å². The monoisotopic (exact) mass is 236 g/mol. The minimum atomic E-state index is -0.605. The zero-order valence-corrected chi connectivity index (χ0v) is 11.9. The van der Waals surface area contributed by atoms with Crippen molar-refractivity contribution in [3.05, 3.63) is 29.8 Å². The molecule has 0 saturated carbocycles. The fraction of sp³-hybridized carbons (Fsp3) is 0.538. The molecule has 1 radical (unpaired) electrons. The lowest BCUT2D eigenvalue weighted by Crippen LogP contribution is -2.15. The first kappa shape index (κ1) is 13.3. The van der Waals surface area contributed by atoms with Gasteiger partial charge in [0, 0.05) is 5.69 Å². The van der Waals surface area contributed by atoms with Crippen LogP contribution in [-0.4, -0.2) is 15.8 Å². The summed E-state index contributed by atoms with van der Waals surface area (Å²) in [5.41, 5.74) is 2.68. The fourth-order valence-corrected chi connectivity index (χ4v) is 1.72. The smallest absolute Gasteiger partial charge is 0.207 e. The van der Waals surface area contributed by atoms with Crippen molar-refractivity contribution in [1.29, 1.82) is 0 Å². The second-order valence-electron chi connectivity index (χ2n) is 5.20. The molecule has 0 aromatic heterocycles. The Hall–Kier alpha value is -0.803. The number of hydrogen-bond acceptors (Lipinski definition) is 2. The highest BCUT2D eigenvalue weighted by atomic mass is 28.3. The van der Waals surface area contributed by atoms with Crippen LogP contribution in [0.15, 0.2) is 24.3 Å². The van der Waals surface area contributed by atoms with Gasteiger partial charge in [0.25, 0.3) is 0 Å². The second kappa shape index (κ2) is 5.50. The summed E-state index contributed by atoms with van der Waals surface area (Å²) in [4.78, 5) is 0. The van der Waals surface area contributed by atoms with Crippen LogP contribution < -0.4 is 5.32 Å². The molecular formula is C13H22NOSi. The Morgan fingerprint density at radius 3 is 2.50 bits per heavy atom. The Bertz CT molecular complexity index is 331. The van der Waals surface area contributed by atoms with Gasteiger partial charge in [-0.1, -0.05) is 32.9 Å². The quantitative estimate of drug-likeness (QED) is 0.637. The van der Waals surface area contributed by atoms with Crippen molar-refractivity contribution in [1.82, 2.24) is 0 Å². The number of benzene rings is 1. The van der Waals surface area contributed by atoms with E-state index in [-0.39, 0.29) is 5.41 Å². The van der Waals surface area contributed by atoms with Crippen molar-refractivity contribution in [3.63, 3.8) is 0 Å². The Balaban J connectivity index is 2.61. The standard InChI is InChI=1S/C13H22NOSi/c1-13(2,3)11-7-6-8-12(9-11)14-10-15-16(4)5/h6-9,14H,10H2,1-5H3. The van der Waals surface area contributed by atoms with Crippen molar-refractivity contribution in [3.8, 4) is 0 Å². The highest BCUT2D eigenvalue weighted by Crippen LogP contribution is 2.24. The van der Waals surface area contributed by atoms with E-state index in [0.717, 1.165) is 5.69 Å². The molecule has 0 spiro atoms. The molecule has 0 unspecified atom stereocenters. The molecule has 0 fully saturated rings. The van der Waals surface area contributed by atoms with Gasteiger partial charge >= 0.3 is 0 Å². The fourth-order valence-electron chi connectivity index (χ4n) is 1.36. The van der Waals surface area contributed by atoms with Crippen LogP contribution in [0, 0.1) is 0 Å². The molecule has 0 aliphatic rings. The first-order valence-electron chi connectivity index (χ1n) is 5.67. The summed E-state index contributed by atoms with van der Waals surface area (Å²) in [5.74, 6) is 0. The molecule has 1 aromatic rings. The van der Waals surface area contributed by atoms with Crippen molar-refractivity contribution in [2.45, 2.75) is 39.3 Å². The largest absolute Gasteiger partial charge is 0.400 e. The molecule has 0 bridgehead atoms. The number of rotatable bonds is 4. The van der Waals surface area contributed by atoms with Crippen LogP contribution in [0.1, 0.15) is 26.3 Å². The molecule has 0 heterocycles. The van der Waals surface area contributed by atoms with Crippen LogP contribution in [0.25, 0.3) is 0 Å². The van der Waals surface area contributed by atoms with Gasteiger partial charge in [0.05, 0.1) is 0 Å². The molecule has 89 valence electrons. The summed E-state index contributed by atoms with van der Waals surface area (Å²) in [6.07, 6.45) is 0. The minimum absolute atomic E-state index is 0.197. The van der Waals surface area contributed by atoms with Gasteiger partial charge in [-0.25, -0.2) is 0 Å². The molecule has 1 aromatic carbocycles. The van der Waals surface area contributed by atoms with Crippen molar-refractivity contribution in [2.75, 3.05) is 12.0 Å². The normalized spacial score (nSPS) is 11.9. The third-order valence-corrected chi connectivity index (χ3v) is 3.09. The Morgan fingerprint density at radius 1 is 1.25 bits per heavy atom. The molecule has 0 aliphatic heterocycles. The Labute approximate surface area is 101 Å². The zero-order chi connectivity index (χ0) is 12.2. The summed E-state index contributed by atoms with van der Waals surface area (Å²) in [6.45, 7) is 11.6. The van der Waals surface area contributed by atoms with Crippen LogP contribution in [0.2, 0.25) is 13.1 Å². The van der Waals surface area contributed by atoms with E-state index < -0.39 is 9.04 Å². The summed E-state index contributed by atoms with van der Waals surface area (Å²) in [6, 6.07) is 8.53. The van der Waals surface area contributed by atoms with E-state index >= 15 is 0 Å². The van der Waals surface area contributed by atoms with Gasteiger partial charge in [0.2, 0.25) is 9.04 Å². The predicted molar refractivity (Wildman–Crippen MR) is 72.2 cm³/mol. The summed E-state index contributed by atoms with van der Waals surface area (Å²) in [5, 5.41) is 3.29. The molecule has 1 N–H and O–H groups in total. The second-order valence-corrected chi connectivity index (χ2v) is 7.31. The molecular weight excluding hydrogens is 214 g/mol. The number of anilines is 1. The van der Waals surface area contributed by atoms with Crippen molar-refractivity contribution in [2.24, 2.45) is 0 Å². The maximum absolute atomic E-state index is 5.56. The molecule has 1 rings (SSSR count). The highest BCUT2D eigenvalue weighted by Gasteiger charge is 2.13. The van der Waals surface area contributed by atoms with Gasteiger partial charge < -0.3 is 9.74 Å². The molecule has 0 amide bonds. The summed E-state index contributed by atoms with van der Waals surface area (Å²) >= 11 is 0. The number of hydrogen-bond donors (Lipinski definition) is 1. The first-order valence-corrected chi connectivity index (χ1v) is 8.08. The van der Waals surface area contributed by atoms with E-state index in [2.05, 4.69) is 63.4 Å². The zero-order valence-electron chi connectivity index (χ0n) is 10.9. The van der Waals surface area contributed by atoms with Crippen LogP contribution in [0.5, 0.6) is 0 Å². The highest BCUT2D eigenvalue weighted by molar-refractivity contribution is 6.48. The van der Waals surface area contributed by atoms with Gasteiger partial charge in [-0.15, -0.1) is 0 Å². The SMILES string of the molecule is C[Si](C)OCNc1cccc(C(C)(C)C)c1. The molecule has 0 aliphatic carbocycles. The average molecular weight is 236 g/mol. The van der Waals surface area contributed by atoms with Gasteiger partial charge in [-0.05, 0) is 36.2 Å². The molecule has 2 nitrogen and oxygen atoms in total. The summed E-state index contributed by atoms with van der Waals surface area (Å²) < 4.78 is 5.56. The van der Waals surface area contributed by atoms with Crippen molar-refractivity contribution >= 4 is 14.7 Å². The minimum Gasteiger partial charge on any atom is -0.400 e. The number of nitrogens with one attached hydrogen (secondary N) is 1. The third kappa shape index (κ3) is 4.37. The van der Waals surface area contributed by atoms with E-state index in [1.54, 1.807) is 0 Å². The van der Waals surface area contributed by atoms with Crippen LogP contribution in [-0.2, 0) is 9.84 Å². The molecule has 3 heteroatoms. The van der Waals surface area contributed by atoms with E-state index in [4.69, 9.17) is 4.43 Å². The van der Waals surface area contributed by atoms with Crippen LogP contribution in [0.4, 0.5) is 5.69 Å². The van der Waals surface area contributed by atoms with E-state index in [1.807, 2.05) is 0 Å². The Morgan fingerprint density at radius 2 is 1.94 bits per heavy atom. The van der Waals surface area contributed by atoms with E-state index in [1.165, 1.54) is 5.56 Å². The van der Waals surface area contributed by atoms with Gasteiger partial charge in [-0.3, -0.25) is 0 Å². The first-order chi connectivity index (χ1) is 7.39. The average Bonchev–Trinajstić information content (AvgIpc) is 2.16. The lowest BCUT2D eigenvalue weighted by molar-refractivity contribution is 0.357. The lowest BCUT2D eigenvalue weighted by atomic mass is 9.87. The van der Waals surface area contributed by atoms with E-state index in [9.17, 15) is 0 Å². The van der Waals surface area contributed by atoms with E-state index in [0.29, 0.717) is 6.73 Å². The van der Waals surface area contributed by atoms with Gasteiger partial charge in [0.15, 0.2) is 0 Å². The maximum atomic E-state index is 5.56. The summed E-state index contributed by atoms with van der Waals surface area (Å²) in [7, 11) is -0.605. The molecule has 16 heavy (non-hydrogen) atoms. The predicted octanol–water partition coefficient (Wildman–Crippen LogP) is 3.62. The van der Waals surface area contributed by atoms with Crippen LogP contribution in [0.3, 0.4) is 0 Å². The maximum Gasteiger partial charge on any atom is 0.207 e. The molecule has 0 atom stereocenters. The third-order valence-electron chi connectivity index (χ3n) is 2.37.